The van der Waals surface area contributed by atoms with Gasteiger partial charge in [0.15, 0.2) is 0 Å². The molecule has 0 aliphatic heterocycles. The Morgan fingerprint density at radius 2 is 2.00 bits per heavy atom. The van der Waals surface area contributed by atoms with E-state index in [1.807, 2.05) is 26.0 Å². The Morgan fingerprint density at radius 1 is 1.47 bits per heavy atom. The zero-order chi connectivity index (χ0) is 11.4. The number of ether oxygens (including phenoxy) is 1. The molecule has 0 saturated heterocycles. The summed E-state index contributed by atoms with van der Waals surface area (Å²) in [7, 11) is 0. The fraction of sp³-hybridized carbons (Fsp3) is 0.250. The molecule has 0 unspecified atom stereocenters. The summed E-state index contributed by atoms with van der Waals surface area (Å²) in [6, 6.07) is 5.76. The zero-order valence-electron chi connectivity index (χ0n) is 8.80. The Bertz CT molecular complexity index is 409. The van der Waals surface area contributed by atoms with Crippen molar-refractivity contribution < 1.29 is 4.74 Å². The van der Waals surface area contributed by atoms with Gasteiger partial charge in [0, 0.05) is 4.48 Å². The van der Waals surface area contributed by atoms with Crippen molar-refractivity contribution in [3.8, 4) is 11.8 Å². The number of aryl methyl sites for hydroxylation is 2. The van der Waals surface area contributed by atoms with Crippen LogP contribution in [0.2, 0.25) is 0 Å². The highest BCUT2D eigenvalue weighted by molar-refractivity contribution is 9.11. The highest BCUT2D eigenvalue weighted by Gasteiger charge is 2.06. The van der Waals surface area contributed by atoms with E-state index in [2.05, 4.69) is 28.6 Å². The van der Waals surface area contributed by atoms with Gasteiger partial charge in [-0.1, -0.05) is 22.5 Å². The molecule has 0 aromatic heterocycles. The van der Waals surface area contributed by atoms with Crippen molar-refractivity contribution in [2.75, 3.05) is 6.61 Å². The molecule has 1 aromatic rings. The normalized spacial score (nSPS) is 9.47. The van der Waals surface area contributed by atoms with Crippen molar-refractivity contribution in [2.24, 2.45) is 0 Å². The van der Waals surface area contributed by atoms with E-state index in [1.165, 1.54) is 0 Å². The van der Waals surface area contributed by atoms with E-state index in [9.17, 15) is 0 Å². The molecule has 15 heavy (non-hydrogen) atoms. The highest BCUT2D eigenvalue weighted by atomic mass is 79.9. The van der Waals surface area contributed by atoms with Gasteiger partial charge in [0.25, 0.3) is 0 Å². The summed E-state index contributed by atoms with van der Waals surface area (Å²) in [5.41, 5.74) is 2.61. The number of hydrogen-bond donors (Lipinski definition) is 0. The summed E-state index contributed by atoms with van der Waals surface area (Å²) in [5, 5.41) is 8.78. The molecular formula is C12H12BrNO. The SMILES string of the molecule is C=C(Br)COc1c(C)cc(C#N)cc1C. The van der Waals surface area contributed by atoms with Crippen LogP contribution < -0.4 is 4.74 Å². The fourth-order valence-corrected chi connectivity index (χ4v) is 1.51. The Hall–Kier alpha value is -1.27. The number of benzene rings is 1. The molecule has 0 spiro atoms. The van der Waals surface area contributed by atoms with Crippen LogP contribution >= 0.6 is 15.9 Å². The molecule has 0 saturated carbocycles. The van der Waals surface area contributed by atoms with Crippen LogP contribution in [0.4, 0.5) is 0 Å². The van der Waals surface area contributed by atoms with E-state index in [1.54, 1.807) is 0 Å². The van der Waals surface area contributed by atoms with E-state index in [0.717, 1.165) is 21.4 Å². The largest absolute Gasteiger partial charge is 0.488 e. The van der Waals surface area contributed by atoms with Crippen molar-refractivity contribution in [1.29, 1.82) is 5.26 Å². The summed E-state index contributed by atoms with van der Waals surface area (Å²) < 4.78 is 6.37. The van der Waals surface area contributed by atoms with E-state index < -0.39 is 0 Å². The maximum absolute atomic E-state index is 8.78. The third kappa shape index (κ3) is 3.10. The molecule has 0 bridgehead atoms. The second-order valence-electron chi connectivity index (χ2n) is 3.36. The van der Waals surface area contributed by atoms with Gasteiger partial charge in [-0.05, 0) is 37.1 Å². The van der Waals surface area contributed by atoms with Crippen molar-refractivity contribution in [3.05, 3.63) is 39.9 Å². The Labute approximate surface area is 98.3 Å². The quantitative estimate of drug-likeness (QED) is 0.839. The second kappa shape index (κ2) is 4.99. The van der Waals surface area contributed by atoms with E-state index in [0.29, 0.717) is 12.2 Å². The highest BCUT2D eigenvalue weighted by Crippen LogP contribution is 2.25. The third-order valence-electron chi connectivity index (χ3n) is 1.96. The van der Waals surface area contributed by atoms with Crippen LogP contribution in [0.15, 0.2) is 23.2 Å². The molecule has 1 rings (SSSR count). The lowest BCUT2D eigenvalue weighted by atomic mass is 10.1. The van der Waals surface area contributed by atoms with E-state index >= 15 is 0 Å². The molecule has 2 nitrogen and oxygen atoms in total. The smallest absolute Gasteiger partial charge is 0.125 e. The van der Waals surface area contributed by atoms with Crippen LogP contribution in [0.3, 0.4) is 0 Å². The maximum atomic E-state index is 8.78. The van der Waals surface area contributed by atoms with Crippen LogP contribution in [-0.4, -0.2) is 6.61 Å². The zero-order valence-corrected chi connectivity index (χ0v) is 10.4. The molecule has 0 aliphatic rings. The first-order chi connectivity index (χ1) is 7.04. The van der Waals surface area contributed by atoms with Crippen LogP contribution in [-0.2, 0) is 0 Å². The molecular weight excluding hydrogens is 254 g/mol. The van der Waals surface area contributed by atoms with Crippen molar-refractivity contribution in [3.63, 3.8) is 0 Å². The first kappa shape index (κ1) is 11.8. The minimum Gasteiger partial charge on any atom is -0.488 e. The number of nitriles is 1. The lowest BCUT2D eigenvalue weighted by Crippen LogP contribution is -2.00. The predicted octanol–water partition coefficient (Wildman–Crippen LogP) is 3.46. The van der Waals surface area contributed by atoms with Gasteiger partial charge in [-0.25, -0.2) is 0 Å². The molecule has 1 aromatic carbocycles. The Balaban J connectivity index is 2.99. The van der Waals surface area contributed by atoms with Gasteiger partial charge < -0.3 is 4.74 Å². The van der Waals surface area contributed by atoms with Gasteiger partial charge in [0.05, 0.1) is 11.6 Å². The molecule has 0 N–H and O–H groups in total. The first-order valence-corrected chi connectivity index (χ1v) is 5.31. The number of hydrogen-bond acceptors (Lipinski definition) is 2. The van der Waals surface area contributed by atoms with E-state index in [4.69, 9.17) is 10.00 Å². The van der Waals surface area contributed by atoms with E-state index in [-0.39, 0.29) is 0 Å². The number of nitrogens with zero attached hydrogens (tertiary/aromatic N) is 1. The topological polar surface area (TPSA) is 33.0 Å². The minimum atomic E-state index is 0.438. The standard InChI is InChI=1S/C12H12BrNO/c1-8-4-11(6-14)5-9(2)12(8)15-7-10(3)13/h4-5H,3,7H2,1-2H3. The fourth-order valence-electron chi connectivity index (χ4n) is 1.39. The minimum absolute atomic E-state index is 0.438. The maximum Gasteiger partial charge on any atom is 0.125 e. The molecule has 78 valence electrons. The first-order valence-electron chi connectivity index (χ1n) is 4.52. The van der Waals surface area contributed by atoms with Gasteiger partial charge in [0.2, 0.25) is 0 Å². The van der Waals surface area contributed by atoms with Gasteiger partial charge in [0.1, 0.15) is 12.4 Å². The van der Waals surface area contributed by atoms with Gasteiger partial charge >= 0.3 is 0 Å². The van der Waals surface area contributed by atoms with Crippen LogP contribution in [0.25, 0.3) is 0 Å². The summed E-state index contributed by atoms with van der Waals surface area (Å²) >= 11 is 3.24. The van der Waals surface area contributed by atoms with Crippen molar-refractivity contribution in [2.45, 2.75) is 13.8 Å². The Kier molecular flexibility index (Phi) is 3.93. The van der Waals surface area contributed by atoms with Crippen LogP contribution in [0.5, 0.6) is 5.75 Å². The lowest BCUT2D eigenvalue weighted by Gasteiger charge is -2.11. The lowest BCUT2D eigenvalue weighted by molar-refractivity contribution is 0.356. The van der Waals surface area contributed by atoms with Crippen LogP contribution in [0.1, 0.15) is 16.7 Å². The summed E-state index contributed by atoms with van der Waals surface area (Å²) in [6.45, 7) is 8.00. The molecule has 3 heteroatoms. The van der Waals surface area contributed by atoms with Crippen molar-refractivity contribution in [1.82, 2.24) is 0 Å². The molecule has 0 aliphatic carbocycles. The second-order valence-corrected chi connectivity index (χ2v) is 4.48. The average Bonchev–Trinajstić information content (AvgIpc) is 2.15. The third-order valence-corrected chi connectivity index (χ3v) is 2.19. The average molecular weight is 266 g/mol. The molecule has 0 heterocycles. The Morgan fingerprint density at radius 3 is 2.40 bits per heavy atom. The molecule has 0 atom stereocenters. The summed E-state index contributed by atoms with van der Waals surface area (Å²) in [4.78, 5) is 0. The number of rotatable bonds is 3. The van der Waals surface area contributed by atoms with Gasteiger partial charge in [-0.2, -0.15) is 5.26 Å². The van der Waals surface area contributed by atoms with Crippen molar-refractivity contribution >= 4 is 15.9 Å². The monoisotopic (exact) mass is 265 g/mol. The number of halogens is 1. The molecule has 0 radical (unpaired) electrons. The van der Waals surface area contributed by atoms with Gasteiger partial charge in [-0.3, -0.25) is 0 Å². The summed E-state index contributed by atoms with van der Waals surface area (Å²) in [6.07, 6.45) is 0. The molecule has 0 amide bonds. The van der Waals surface area contributed by atoms with Gasteiger partial charge in [-0.15, -0.1) is 0 Å². The predicted molar refractivity (Wildman–Crippen MR) is 64.2 cm³/mol. The molecule has 0 fully saturated rings. The van der Waals surface area contributed by atoms with Crippen LogP contribution in [0, 0.1) is 25.2 Å². The summed E-state index contributed by atoms with van der Waals surface area (Å²) in [5.74, 6) is 0.828.